The monoisotopic (exact) mass is 362 g/mol. The quantitative estimate of drug-likeness (QED) is 0.844. The molecule has 1 saturated heterocycles. The first-order valence-corrected chi connectivity index (χ1v) is 7.62. The second kappa shape index (κ2) is 9.26. The van der Waals surface area contributed by atoms with Crippen molar-refractivity contribution in [1.29, 1.82) is 0 Å². The Hall–Kier alpha value is -2.29. The summed E-state index contributed by atoms with van der Waals surface area (Å²) in [5.74, 6) is -2.76. The Labute approximate surface area is 143 Å². The minimum Gasteiger partial charge on any atom is -0.475 e. The number of aliphatic carboxylic acids is 1. The van der Waals surface area contributed by atoms with E-state index >= 15 is 0 Å². The molecule has 3 N–H and O–H groups in total. The lowest BCUT2D eigenvalue weighted by Gasteiger charge is -2.29. The zero-order valence-electron chi connectivity index (χ0n) is 13.8. The van der Waals surface area contributed by atoms with Crippen LogP contribution in [0.4, 0.5) is 18.0 Å². The number of rotatable bonds is 2. The van der Waals surface area contributed by atoms with Crippen LogP contribution in [0.1, 0.15) is 24.0 Å². The molecule has 1 fully saturated rings. The van der Waals surface area contributed by atoms with Crippen LogP contribution in [-0.2, 0) is 16.1 Å². The number of nitrogens with two attached hydrogens (primary N) is 1. The molecule has 0 saturated carbocycles. The molecule has 0 aliphatic carbocycles. The molecule has 1 aromatic carbocycles. The van der Waals surface area contributed by atoms with E-state index in [1.165, 1.54) is 5.56 Å². The smallest absolute Gasteiger partial charge is 0.475 e. The third-order valence-corrected chi connectivity index (χ3v) is 3.52. The van der Waals surface area contributed by atoms with Gasteiger partial charge in [-0.3, -0.25) is 0 Å². The fraction of sp³-hybridized carbons (Fsp3) is 0.500. The number of alkyl halides is 3. The van der Waals surface area contributed by atoms with E-state index in [-0.39, 0.29) is 12.1 Å². The highest BCUT2D eigenvalue weighted by atomic mass is 19.4. The number of hydrogen-bond acceptors (Lipinski definition) is 4. The number of nitrogens with zero attached hydrogens (tertiary/aromatic N) is 1. The maximum Gasteiger partial charge on any atom is 0.490 e. The fourth-order valence-corrected chi connectivity index (χ4v) is 2.00. The van der Waals surface area contributed by atoms with Gasteiger partial charge in [0.25, 0.3) is 0 Å². The number of ether oxygens (including phenoxy) is 1. The molecule has 0 spiro atoms. The Bertz CT molecular complexity index is 568. The number of aryl methyl sites for hydroxylation is 1. The second-order valence-corrected chi connectivity index (χ2v) is 5.67. The van der Waals surface area contributed by atoms with Crippen LogP contribution in [0.3, 0.4) is 0 Å². The van der Waals surface area contributed by atoms with Crippen molar-refractivity contribution in [1.82, 2.24) is 4.90 Å². The molecule has 0 aromatic heterocycles. The van der Waals surface area contributed by atoms with Gasteiger partial charge in [0.05, 0.1) is 0 Å². The number of amides is 1. The van der Waals surface area contributed by atoms with Crippen molar-refractivity contribution < 1.29 is 32.6 Å². The highest BCUT2D eigenvalue weighted by molar-refractivity contribution is 5.73. The SMILES string of the molecule is Cc1ccc(COC(=O)N2CCC(N)CC2)cc1.O=C(O)C(F)(F)F. The van der Waals surface area contributed by atoms with Crippen molar-refractivity contribution in [2.45, 2.75) is 38.6 Å². The van der Waals surface area contributed by atoms with Crippen molar-refractivity contribution in [2.75, 3.05) is 13.1 Å². The zero-order valence-corrected chi connectivity index (χ0v) is 13.8. The van der Waals surface area contributed by atoms with Gasteiger partial charge >= 0.3 is 18.2 Å². The van der Waals surface area contributed by atoms with Crippen LogP contribution < -0.4 is 5.73 Å². The van der Waals surface area contributed by atoms with Gasteiger partial charge in [0.1, 0.15) is 6.61 Å². The van der Waals surface area contributed by atoms with Crippen molar-refractivity contribution in [2.24, 2.45) is 5.73 Å². The van der Waals surface area contributed by atoms with Crippen molar-refractivity contribution in [3.8, 4) is 0 Å². The minimum atomic E-state index is -5.08. The summed E-state index contributed by atoms with van der Waals surface area (Å²) in [7, 11) is 0. The minimum absolute atomic E-state index is 0.228. The molecule has 1 heterocycles. The van der Waals surface area contributed by atoms with Gasteiger partial charge in [-0.2, -0.15) is 13.2 Å². The van der Waals surface area contributed by atoms with Gasteiger partial charge in [-0.15, -0.1) is 0 Å². The molecule has 9 heteroatoms. The van der Waals surface area contributed by atoms with Crippen molar-refractivity contribution >= 4 is 12.1 Å². The number of hydrogen-bond donors (Lipinski definition) is 2. The number of halogens is 3. The lowest BCUT2D eigenvalue weighted by atomic mass is 10.1. The molecular formula is C16H21F3N2O4. The molecule has 0 atom stereocenters. The largest absolute Gasteiger partial charge is 0.490 e. The summed E-state index contributed by atoms with van der Waals surface area (Å²) in [5, 5.41) is 7.12. The van der Waals surface area contributed by atoms with E-state index in [0.29, 0.717) is 19.7 Å². The van der Waals surface area contributed by atoms with Gasteiger partial charge < -0.3 is 20.5 Å². The van der Waals surface area contributed by atoms with Crippen molar-refractivity contribution in [3.05, 3.63) is 35.4 Å². The summed E-state index contributed by atoms with van der Waals surface area (Å²) in [6.45, 7) is 3.77. The van der Waals surface area contributed by atoms with Crippen LogP contribution in [0, 0.1) is 6.92 Å². The van der Waals surface area contributed by atoms with Gasteiger partial charge in [0, 0.05) is 19.1 Å². The highest BCUT2D eigenvalue weighted by Gasteiger charge is 2.38. The Morgan fingerprint density at radius 1 is 1.24 bits per heavy atom. The topological polar surface area (TPSA) is 92.9 Å². The molecule has 1 aliphatic heterocycles. The first-order valence-electron chi connectivity index (χ1n) is 7.62. The van der Waals surface area contributed by atoms with Crippen LogP contribution in [0.15, 0.2) is 24.3 Å². The fourth-order valence-electron chi connectivity index (χ4n) is 2.00. The molecule has 0 radical (unpaired) electrons. The first-order chi connectivity index (χ1) is 11.6. The molecule has 2 rings (SSSR count). The number of likely N-dealkylation sites (tertiary alicyclic amines) is 1. The van der Waals surface area contributed by atoms with Gasteiger partial charge in [-0.25, -0.2) is 9.59 Å². The normalized spacial score (nSPS) is 15.2. The molecule has 0 unspecified atom stereocenters. The molecule has 25 heavy (non-hydrogen) atoms. The Balaban J connectivity index is 0.000000381. The molecule has 0 bridgehead atoms. The summed E-state index contributed by atoms with van der Waals surface area (Å²) in [4.78, 5) is 22.4. The van der Waals surface area contributed by atoms with Crippen LogP contribution in [-0.4, -0.2) is 47.4 Å². The molecular weight excluding hydrogens is 341 g/mol. The van der Waals surface area contributed by atoms with Crippen LogP contribution in [0.25, 0.3) is 0 Å². The third-order valence-electron chi connectivity index (χ3n) is 3.52. The number of carbonyl (C=O) groups excluding carboxylic acids is 1. The molecule has 1 aliphatic rings. The van der Waals surface area contributed by atoms with Crippen molar-refractivity contribution in [3.63, 3.8) is 0 Å². The lowest BCUT2D eigenvalue weighted by molar-refractivity contribution is -0.192. The molecule has 1 aromatic rings. The van der Waals surface area contributed by atoms with Crippen LogP contribution >= 0.6 is 0 Å². The Morgan fingerprint density at radius 2 is 1.72 bits per heavy atom. The lowest BCUT2D eigenvalue weighted by Crippen LogP contribution is -2.43. The summed E-state index contributed by atoms with van der Waals surface area (Å²) < 4.78 is 37.0. The van der Waals surface area contributed by atoms with Gasteiger partial charge in [-0.1, -0.05) is 29.8 Å². The number of carboxylic acid groups (broad SMARTS) is 1. The van der Waals surface area contributed by atoms with E-state index in [4.69, 9.17) is 20.4 Å². The number of carboxylic acids is 1. The molecule has 1 amide bonds. The van der Waals surface area contributed by atoms with Gasteiger partial charge in [0.15, 0.2) is 0 Å². The first kappa shape index (κ1) is 20.8. The number of benzene rings is 1. The van der Waals surface area contributed by atoms with E-state index < -0.39 is 12.1 Å². The van der Waals surface area contributed by atoms with E-state index in [9.17, 15) is 18.0 Å². The predicted molar refractivity (Wildman–Crippen MR) is 83.8 cm³/mol. The summed E-state index contributed by atoms with van der Waals surface area (Å²) >= 11 is 0. The number of piperidine rings is 1. The average molecular weight is 362 g/mol. The Morgan fingerprint density at radius 3 is 2.16 bits per heavy atom. The third kappa shape index (κ3) is 7.88. The maximum absolute atomic E-state index is 11.8. The molecule has 140 valence electrons. The van der Waals surface area contributed by atoms with Gasteiger partial charge in [0.2, 0.25) is 0 Å². The standard InChI is InChI=1S/C14H20N2O2.C2HF3O2/c1-11-2-4-12(5-3-11)10-18-14(17)16-8-6-13(15)7-9-16;3-2(4,5)1(6)7/h2-5,13H,6-10,15H2,1H3;(H,6,7). The Kier molecular flexibility index (Phi) is 7.69. The van der Waals surface area contributed by atoms with E-state index in [0.717, 1.165) is 18.4 Å². The van der Waals surface area contributed by atoms with Crippen LogP contribution in [0.5, 0.6) is 0 Å². The van der Waals surface area contributed by atoms with E-state index in [1.54, 1.807) is 4.90 Å². The summed E-state index contributed by atoms with van der Waals surface area (Å²) in [6.07, 6.45) is -3.60. The predicted octanol–water partition coefficient (Wildman–Crippen LogP) is 2.69. The van der Waals surface area contributed by atoms with Gasteiger partial charge in [-0.05, 0) is 25.3 Å². The summed E-state index contributed by atoms with van der Waals surface area (Å²) in [5.41, 5.74) is 8.02. The number of carbonyl (C=O) groups is 2. The zero-order chi connectivity index (χ0) is 19.0. The molecule has 6 nitrogen and oxygen atoms in total. The maximum atomic E-state index is 11.8. The van der Waals surface area contributed by atoms with E-state index in [1.807, 2.05) is 31.2 Å². The van der Waals surface area contributed by atoms with Crippen LogP contribution in [0.2, 0.25) is 0 Å². The summed E-state index contributed by atoms with van der Waals surface area (Å²) in [6, 6.07) is 8.22. The highest BCUT2D eigenvalue weighted by Crippen LogP contribution is 2.13. The average Bonchev–Trinajstić information content (AvgIpc) is 2.54. The second-order valence-electron chi connectivity index (χ2n) is 5.67. The van der Waals surface area contributed by atoms with E-state index in [2.05, 4.69) is 0 Å².